The average Bonchev–Trinajstić information content (AvgIpc) is 3.47. The van der Waals surface area contributed by atoms with E-state index in [1.807, 2.05) is 0 Å². The quantitative estimate of drug-likeness (QED) is 0.116. The third-order valence-electron chi connectivity index (χ3n) is 12.9. The van der Waals surface area contributed by atoms with Gasteiger partial charge in [-0.15, -0.1) is 0 Å². The van der Waals surface area contributed by atoms with Gasteiger partial charge in [-0.2, -0.15) is 0 Å². The molecular weight excluding hydrogens is 691 g/mol. The van der Waals surface area contributed by atoms with Crippen LogP contribution < -0.4 is 5.46 Å². The molecule has 0 bridgehead atoms. The zero-order chi connectivity index (χ0) is 40.5. The Morgan fingerprint density at radius 1 is 0.351 bits per heavy atom. The van der Waals surface area contributed by atoms with E-state index in [4.69, 9.17) is 9.31 Å². The summed E-state index contributed by atoms with van der Waals surface area (Å²) in [5.41, 5.74) is 21.8. The summed E-state index contributed by atoms with van der Waals surface area (Å²) in [5.74, 6) is 0. The lowest BCUT2D eigenvalue weighted by Gasteiger charge is -2.32. The Labute approximate surface area is 343 Å². The van der Waals surface area contributed by atoms with E-state index < -0.39 is 0 Å². The van der Waals surface area contributed by atoms with Gasteiger partial charge in [0.15, 0.2) is 0 Å². The van der Waals surface area contributed by atoms with Gasteiger partial charge in [0.1, 0.15) is 0 Å². The highest BCUT2D eigenvalue weighted by molar-refractivity contribution is 6.62. The van der Waals surface area contributed by atoms with Crippen molar-refractivity contribution in [3.05, 3.63) is 149 Å². The van der Waals surface area contributed by atoms with Crippen LogP contribution in [0.25, 0.3) is 55.6 Å². The summed E-state index contributed by atoms with van der Waals surface area (Å²) in [5, 5.41) is 0. The molecule has 3 heteroatoms. The highest BCUT2D eigenvalue weighted by atomic mass is 16.7. The molecule has 1 aliphatic rings. The van der Waals surface area contributed by atoms with E-state index in [9.17, 15) is 0 Å². The van der Waals surface area contributed by atoms with Crippen molar-refractivity contribution >= 4 is 12.6 Å². The fourth-order valence-corrected chi connectivity index (χ4v) is 8.70. The lowest BCUT2D eigenvalue weighted by molar-refractivity contribution is 0.00578. The van der Waals surface area contributed by atoms with Crippen molar-refractivity contribution in [3.63, 3.8) is 0 Å². The molecule has 1 saturated heterocycles. The Bertz CT molecular complexity index is 2380. The van der Waals surface area contributed by atoms with Crippen molar-refractivity contribution in [2.75, 3.05) is 0 Å². The third kappa shape index (κ3) is 7.82. The maximum absolute atomic E-state index is 6.40. The van der Waals surface area contributed by atoms with E-state index in [0.717, 1.165) is 44.0 Å². The van der Waals surface area contributed by atoms with Gasteiger partial charge in [-0.25, -0.2) is 0 Å². The highest BCUT2D eigenvalue weighted by Crippen LogP contribution is 2.39. The van der Waals surface area contributed by atoms with Gasteiger partial charge >= 0.3 is 7.12 Å². The minimum atomic E-state index is -0.360. The van der Waals surface area contributed by atoms with Crippen LogP contribution in [0.4, 0.5) is 0 Å². The Morgan fingerprint density at radius 2 is 0.649 bits per heavy atom. The number of benzene rings is 6. The SMILES string of the molecule is CCc1ccccc1-c1ccc(-c2ccc(-c3ccc(-c4ccc(-c5ccc(B6OC(C)(C)C(C)(C)O6)cc5CC)c(CC)c4)cc3CC)c(CC)c2)cc1CC. The first kappa shape index (κ1) is 40.5. The predicted molar refractivity (Wildman–Crippen MR) is 246 cm³/mol. The molecule has 2 nitrogen and oxygen atoms in total. The Morgan fingerprint density at radius 3 is 1.00 bits per heavy atom. The summed E-state index contributed by atoms with van der Waals surface area (Å²) < 4.78 is 12.8. The van der Waals surface area contributed by atoms with E-state index in [-0.39, 0.29) is 18.3 Å². The first-order valence-electron chi connectivity index (χ1n) is 21.5. The summed E-state index contributed by atoms with van der Waals surface area (Å²) in [7, 11) is -0.356. The molecule has 292 valence electrons. The van der Waals surface area contributed by atoms with Crippen LogP contribution in [0.5, 0.6) is 0 Å². The smallest absolute Gasteiger partial charge is 0.399 e. The minimum absolute atomic E-state index is 0.356. The van der Waals surface area contributed by atoms with Gasteiger partial charge in [0.2, 0.25) is 0 Å². The van der Waals surface area contributed by atoms with Crippen molar-refractivity contribution in [2.45, 2.75) is 119 Å². The van der Waals surface area contributed by atoms with Crippen molar-refractivity contribution in [1.82, 2.24) is 0 Å². The topological polar surface area (TPSA) is 18.5 Å². The molecule has 0 saturated carbocycles. The maximum Gasteiger partial charge on any atom is 0.494 e. The number of hydrogen-bond acceptors (Lipinski definition) is 2. The van der Waals surface area contributed by atoms with Crippen LogP contribution in [-0.4, -0.2) is 18.3 Å². The second-order valence-electron chi connectivity index (χ2n) is 16.8. The molecule has 1 aliphatic heterocycles. The maximum atomic E-state index is 6.40. The summed E-state index contributed by atoms with van der Waals surface area (Å²) in [6.45, 7) is 22.1. The zero-order valence-corrected chi connectivity index (χ0v) is 36.1. The Hall–Kier alpha value is -4.70. The first-order chi connectivity index (χ1) is 27.4. The number of rotatable bonds is 12. The van der Waals surface area contributed by atoms with E-state index >= 15 is 0 Å². The van der Waals surface area contributed by atoms with Crippen LogP contribution in [-0.2, 0) is 47.8 Å². The molecule has 7 rings (SSSR count). The summed E-state index contributed by atoms with van der Waals surface area (Å²) in [6.07, 6.45) is 5.90. The largest absolute Gasteiger partial charge is 0.494 e. The normalized spacial score (nSPS) is 14.7. The van der Waals surface area contributed by atoms with Crippen LogP contribution in [0, 0.1) is 0 Å². The molecule has 1 fully saturated rings. The van der Waals surface area contributed by atoms with E-state index in [0.29, 0.717) is 0 Å². The molecule has 0 aromatic heterocycles. The van der Waals surface area contributed by atoms with E-state index in [1.165, 1.54) is 89.0 Å². The molecule has 57 heavy (non-hydrogen) atoms. The molecule has 6 aromatic carbocycles. The molecule has 0 unspecified atom stereocenters. The van der Waals surface area contributed by atoms with Gasteiger partial charge in [-0.1, -0.05) is 157 Å². The molecule has 0 aliphatic carbocycles. The van der Waals surface area contributed by atoms with Gasteiger partial charge in [-0.3, -0.25) is 0 Å². The van der Waals surface area contributed by atoms with Crippen molar-refractivity contribution in [2.24, 2.45) is 0 Å². The molecule has 6 aromatic rings. The molecule has 0 spiro atoms. The number of aryl methyl sites for hydroxylation is 6. The van der Waals surface area contributed by atoms with Crippen LogP contribution in [0.15, 0.2) is 115 Å². The molecule has 0 N–H and O–H groups in total. The molecule has 1 heterocycles. The van der Waals surface area contributed by atoms with E-state index in [2.05, 4.69) is 184 Å². The number of hydrogen-bond donors (Lipinski definition) is 0. The monoisotopic (exact) mass is 752 g/mol. The second-order valence-corrected chi connectivity index (χ2v) is 16.8. The van der Waals surface area contributed by atoms with Gasteiger partial charge in [-0.05, 0) is 161 Å². The van der Waals surface area contributed by atoms with E-state index in [1.54, 1.807) is 0 Å². The summed E-state index contributed by atoms with van der Waals surface area (Å²) >= 11 is 0. The second kappa shape index (κ2) is 16.6. The molecule has 0 radical (unpaired) electrons. The van der Waals surface area contributed by atoms with Gasteiger partial charge in [0.05, 0.1) is 11.2 Å². The Balaban J connectivity index is 1.17. The van der Waals surface area contributed by atoms with Crippen molar-refractivity contribution in [1.29, 1.82) is 0 Å². The fraction of sp³-hybridized carbons (Fsp3) is 0.333. The van der Waals surface area contributed by atoms with Gasteiger partial charge in [0.25, 0.3) is 0 Å². The van der Waals surface area contributed by atoms with Gasteiger partial charge < -0.3 is 9.31 Å². The van der Waals surface area contributed by atoms with Crippen molar-refractivity contribution in [3.8, 4) is 55.6 Å². The first-order valence-corrected chi connectivity index (χ1v) is 21.5. The minimum Gasteiger partial charge on any atom is -0.399 e. The lowest BCUT2D eigenvalue weighted by Crippen LogP contribution is -2.41. The highest BCUT2D eigenvalue weighted by Gasteiger charge is 2.51. The molecule has 0 amide bonds. The summed E-state index contributed by atoms with van der Waals surface area (Å²) in [4.78, 5) is 0. The Kier molecular flexibility index (Phi) is 11.8. The van der Waals surface area contributed by atoms with Crippen LogP contribution >= 0.6 is 0 Å². The standard InChI is InChI=1S/C54H61BO2/c1-11-36-19-17-18-20-47(36)48-26-21-42(31-37(48)12-2)43-22-27-49(38(13-3)32-43)50-28-23-44(33-39(50)14-4)45-24-29-51(40(15-5)34-45)52-30-25-46(35-41(52)16-6)55-56-53(7,8)54(9,10)57-55/h17-35H,11-16H2,1-10H3. The average molecular weight is 753 g/mol. The third-order valence-corrected chi connectivity index (χ3v) is 12.9. The predicted octanol–water partition coefficient (Wildman–Crippen LogP) is 13.7. The van der Waals surface area contributed by atoms with Crippen molar-refractivity contribution < 1.29 is 9.31 Å². The summed E-state index contributed by atoms with van der Waals surface area (Å²) in [6, 6.07) is 44.0. The zero-order valence-electron chi connectivity index (χ0n) is 36.1. The lowest BCUT2D eigenvalue weighted by atomic mass is 9.76. The van der Waals surface area contributed by atoms with Crippen LogP contribution in [0.3, 0.4) is 0 Å². The molecule has 0 atom stereocenters. The van der Waals surface area contributed by atoms with Gasteiger partial charge in [0, 0.05) is 0 Å². The fourth-order valence-electron chi connectivity index (χ4n) is 8.70. The van der Waals surface area contributed by atoms with Crippen LogP contribution in [0.1, 0.15) is 103 Å². The van der Waals surface area contributed by atoms with Crippen LogP contribution in [0.2, 0.25) is 0 Å². The molecular formula is C54H61BO2.